The number of amides is 1. The van der Waals surface area contributed by atoms with E-state index in [1.54, 1.807) is 6.92 Å². The summed E-state index contributed by atoms with van der Waals surface area (Å²) in [5.74, 6) is -0.909. The van der Waals surface area contributed by atoms with Crippen LogP contribution in [-0.4, -0.2) is 29.8 Å². The van der Waals surface area contributed by atoms with Crippen molar-refractivity contribution in [1.82, 2.24) is 5.32 Å². The molecule has 0 aromatic rings. The maximum absolute atomic E-state index is 11.1. The summed E-state index contributed by atoms with van der Waals surface area (Å²) in [6.07, 6.45) is -0.435. The van der Waals surface area contributed by atoms with Gasteiger partial charge in [-0.25, -0.2) is 0 Å². The van der Waals surface area contributed by atoms with Gasteiger partial charge in [-0.1, -0.05) is 13.8 Å². The summed E-state index contributed by atoms with van der Waals surface area (Å²) in [6.45, 7) is 4.69. The molecule has 0 rings (SSSR count). The lowest BCUT2D eigenvalue weighted by atomic mass is 10.1. The molecular weight excluding hydrogens is 186 g/mol. The Morgan fingerprint density at radius 2 is 2.07 bits per heavy atom. The van der Waals surface area contributed by atoms with Crippen LogP contribution in [0.1, 0.15) is 27.2 Å². The Labute approximate surface area is 83.4 Å². The number of carbonyl (C=O) groups excluding carboxylic acids is 2. The summed E-state index contributed by atoms with van der Waals surface area (Å²) < 4.78 is 4.75. The molecule has 0 aromatic heterocycles. The minimum atomic E-state index is -1.12. The third-order valence-electron chi connectivity index (χ3n) is 1.77. The molecule has 0 aliphatic rings. The molecule has 2 N–H and O–H groups in total. The molecule has 5 heteroatoms. The third kappa shape index (κ3) is 5.53. The zero-order chi connectivity index (χ0) is 11.1. The van der Waals surface area contributed by atoms with Gasteiger partial charge in [-0.3, -0.25) is 9.59 Å². The fourth-order valence-electron chi connectivity index (χ4n) is 0.746. The van der Waals surface area contributed by atoms with Crippen molar-refractivity contribution in [3.8, 4) is 0 Å². The van der Waals surface area contributed by atoms with E-state index in [9.17, 15) is 9.59 Å². The van der Waals surface area contributed by atoms with Crippen LogP contribution in [0.2, 0.25) is 0 Å². The van der Waals surface area contributed by atoms with E-state index in [1.165, 1.54) is 6.92 Å². The molecule has 2 atom stereocenters. The molecule has 0 saturated heterocycles. The molecule has 0 aliphatic heterocycles. The Bertz CT molecular complexity index is 205. The topological polar surface area (TPSA) is 75.6 Å². The van der Waals surface area contributed by atoms with Gasteiger partial charge in [0.05, 0.1) is 5.92 Å². The lowest BCUT2D eigenvalue weighted by Crippen LogP contribution is -2.37. The molecule has 0 bridgehead atoms. The van der Waals surface area contributed by atoms with Gasteiger partial charge in [0, 0.05) is 6.92 Å². The molecule has 0 fully saturated rings. The van der Waals surface area contributed by atoms with E-state index in [1.807, 2.05) is 6.92 Å². The van der Waals surface area contributed by atoms with Crippen LogP contribution in [0.5, 0.6) is 0 Å². The largest absolute Gasteiger partial charge is 0.461 e. The van der Waals surface area contributed by atoms with E-state index in [0.29, 0.717) is 6.42 Å². The molecule has 0 aliphatic carbocycles. The molecule has 1 unspecified atom stereocenters. The van der Waals surface area contributed by atoms with Crippen molar-refractivity contribution in [1.29, 1.82) is 0 Å². The number of hydrogen-bond acceptors (Lipinski definition) is 4. The monoisotopic (exact) mass is 203 g/mol. The van der Waals surface area contributed by atoms with Crippen LogP contribution in [0.15, 0.2) is 0 Å². The number of aliphatic hydroxyl groups excluding tert-OH is 1. The van der Waals surface area contributed by atoms with Crippen molar-refractivity contribution >= 4 is 11.9 Å². The number of hydrogen-bond donors (Lipinski definition) is 2. The quantitative estimate of drug-likeness (QED) is 0.488. The highest BCUT2D eigenvalue weighted by Crippen LogP contribution is 2.02. The average Bonchev–Trinajstić information content (AvgIpc) is 2.11. The SMILES string of the molecule is CC[C@@H](C)C(=O)OCC(O)NC(C)=O. The maximum Gasteiger partial charge on any atom is 0.308 e. The van der Waals surface area contributed by atoms with Crippen molar-refractivity contribution in [2.24, 2.45) is 5.92 Å². The molecule has 0 radical (unpaired) electrons. The van der Waals surface area contributed by atoms with Crippen molar-refractivity contribution in [3.05, 3.63) is 0 Å². The van der Waals surface area contributed by atoms with E-state index >= 15 is 0 Å². The van der Waals surface area contributed by atoms with Crippen molar-refractivity contribution in [2.45, 2.75) is 33.4 Å². The molecule has 1 amide bonds. The van der Waals surface area contributed by atoms with E-state index in [0.717, 1.165) is 0 Å². The highest BCUT2D eigenvalue weighted by Gasteiger charge is 2.14. The lowest BCUT2D eigenvalue weighted by Gasteiger charge is -2.13. The Kier molecular flexibility index (Phi) is 5.87. The second-order valence-corrected chi connectivity index (χ2v) is 3.16. The van der Waals surface area contributed by atoms with Crippen molar-refractivity contribution in [2.75, 3.05) is 6.61 Å². The Morgan fingerprint density at radius 1 is 1.50 bits per heavy atom. The van der Waals surface area contributed by atoms with Crippen LogP contribution >= 0.6 is 0 Å². The zero-order valence-electron chi connectivity index (χ0n) is 8.74. The van der Waals surface area contributed by atoms with Crippen molar-refractivity contribution < 1.29 is 19.4 Å². The van der Waals surface area contributed by atoms with Crippen LogP contribution < -0.4 is 5.32 Å². The average molecular weight is 203 g/mol. The normalized spacial score (nSPS) is 14.3. The predicted molar refractivity (Wildman–Crippen MR) is 50.2 cm³/mol. The zero-order valence-corrected chi connectivity index (χ0v) is 8.74. The first-order chi connectivity index (χ1) is 6.47. The van der Waals surface area contributed by atoms with E-state index < -0.39 is 6.23 Å². The van der Waals surface area contributed by atoms with Gasteiger partial charge in [0.1, 0.15) is 6.61 Å². The third-order valence-corrected chi connectivity index (χ3v) is 1.77. The lowest BCUT2D eigenvalue weighted by molar-refractivity contribution is -0.152. The van der Waals surface area contributed by atoms with Gasteiger partial charge in [-0.05, 0) is 6.42 Å². The van der Waals surface area contributed by atoms with Gasteiger partial charge in [0.2, 0.25) is 5.91 Å². The van der Waals surface area contributed by atoms with E-state index in [-0.39, 0.29) is 24.4 Å². The summed E-state index contributed by atoms with van der Waals surface area (Å²) in [5, 5.41) is 11.3. The summed E-state index contributed by atoms with van der Waals surface area (Å²) in [5.41, 5.74) is 0. The second kappa shape index (κ2) is 6.37. The first-order valence-corrected chi connectivity index (χ1v) is 4.59. The Morgan fingerprint density at radius 3 is 2.50 bits per heavy atom. The Balaban J connectivity index is 3.71. The second-order valence-electron chi connectivity index (χ2n) is 3.16. The van der Waals surface area contributed by atoms with Crippen LogP contribution in [0.25, 0.3) is 0 Å². The van der Waals surface area contributed by atoms with Gasteiger partial charge < -0.3 is 15.2 Å². The van der Waals surface area contributed by atoms with Gasteiger partial charge in [0.25, 0.3) is 0 Å². The van der Waals surface area contributed by atoms with E-state index in [4.69, 9.17) is 9.84 Å². The van der Waals surface area contributed by atoms with Crippen LogP contribution in [0, 0.1) is 5.92 Å². The number of ether oxygens (including phenoxy) is 1. The summed E-state index contributed by atoms with van der Waals surface area (Å²) >= 11 is 0. The van der Waals surface area contributed by atoms with Gasteiger partial charge in [-0.2, -0.15) is 0 Å². The molecule has 5 nitrogen and oxygen atoms in total. The fourth-order valence-corrected chi connectivity index (χ4v) is 0.746. The number of carbonyl (C=O) groups is 2. The highest BCUT2D eigenvalue weighted by atomic mass is 16.5. The van der Waals surface area contributed by atoms with Crippen molar-refractivity contribution in [3.63, 3.8) is 0 Å². The van der Waals surface area contributed by atoms with Gasteiger partial charge in [0.15, 0.2) is 6.23 Å². The van der Waals surface area contributed by atoms with Crippen LogP contribution in [0.3, 0.4) is 0 Å². The van der Waals surface area contributed by atoms with Gasteiger partial charge in [-0.15, -0.1) is 0 Å². The summed E-state index contributed by atoms with van der Waals surface area (Å²) in [4.78, 5) is 21.6. The fraction of sp³-hybridized carbons (Fsp3) is 0.778. The minimum absolute atomic E-state index is 0.181. The number of esters is 1. The smallest absolute Gasteiger partial charge is 0.308 e. The number of nitrogens with one attached hydrogen (secondary N) is 1. The van der Waals surface area contributed by atoms with Crippen LogP contribution in [0.4, 0.5) is 0 Å². The van der Waals surface area contributed by atoms with Gasteiger partial charge >= 0.3 is 5.97 Å². The van der Waals surface area contributed by atoms with Crippen LogP contribution in [-0.2, 0) is 14.3 Å². The minimum Gasteiger partial charge on any atom is -0.461 e. The number of aliphatic hydroxyl groups is 1. The Hall–Kier alpha value is -1.10. The standard InChI is InChI=1S/C9H17NO4/c1-4-6(2)9(13)14-5-8(12)10-7(3)11/h6,8,12H,4-5H2,1-3H3,(H,10,11)/t6-,8?/m1/s1. The molecule has 82 valence electrons. The molecule has 14 heavy (non-hydrogen) atoms. The summed E-state index contributed by atoms with van der Waals surface area (Å²) in [7, 11) is 0. The first kappa shape index (κ1) is 12.9. The van der Waals surface area contributed by atoms with E-state index in [2.05, 4.69) is 5.32 Å². The summed E-state index contributed by atoms with van der Waals surface area (Å²) in [6, 6.07) is 0. The number of rotatable bonds is 5. The highest BCUT2D eigenvalue weighted by molar-refractivity contribution is 5.73. The molecule has 0 saturated carbocycles. The maximum atomic E-state index is 11.1. The predicted octanol–water partition coefficient (Wildman–Crippen LogP) is 0.0302. The molecular formula is C9H17NO4. The first-order valence-electron chi connectivity index (χ1n) is 4.59. The molecule has 0 heterocycles. The molecule has 0 spiro atoms. The molecule has 0 aromatic carbocycles.